The van der Waals surface area contributed by atoms with Crippen LogP contribution in [0, 0.1) is 0 Å². The lowest BCUT2D eigenvalue weighted by molar-refractivity contribution is -0.116. The number of benzene rings is 1. The Balaban J connectivity index is 1.46. The fourth-order valence-electron chi connectivity index (χ4n) is 2.74. The largest absolute Gasteiger partial charge is 0.325 e. The number of carbonyl (C=O) groups is 1. The summed E-state index contributed by atoms with van der Waals surface area (Å²) < 4.78 is 1.31. The van der Waals surface area contributed by atoms with Crippen molar-refractivity contribution in [3.63, 3.8) is 0 Å². The Kier molecular flexibility index (Phi) is 5.07. The minimum absolute atomic E-state index is 0.0916. The van der Waals surface area contributed by atoms with Crippen LogP contribution in [-0.4, -0.2) is 20.4 Å². The van der Waals surface area contributed by atoms with Crippen molar-refractivity contribution in [1.29, 1.82) is 0 Å². The summed E-state index contributed by atoms with van der Waals surface area (Å²) in [5, 5.41) is 5.17. The molecule has 1 amide bonds. The molecule has 0 atom stereocenters. The Hall–Kier alpha value is -3.58. The lowest BCUT2D eigenvalue weighted by atomic mass is 10.1. The van der Waals surface area contributed by atoms with Crippen LogP contribution in [0.4, 0.5) is 5.69 Å². The molecule has 0 spiro atoms. The topological polar surface area (TPSA) is 76.9 Å². The van der Waals surface area contributed by atoms with Gasteiger partial charge in [0.15, 0.2) is 0 Å². The highest BCUT2D eigenvalue weighted by Gasteiger charge is 2.09. The zero-order valence-electron chi connectivity index (χ0n) is 14.8. The maximum atomic E-state index is 12.4. The van der Waals surface area contributed by atoms with Gasteiger partial charge in [-0.05, 0) is 47.4 Å². The second-order valence-electron chi connectivity index (χ2n) is 6.08. The summed E-state index contributed by atoms with van der Waals surface area (Å²) >= 11 is 1.40. The first-order valence-electron chi connectivity index (χ1n) is 8.61. The van der Waals surface area contributed by atoms with Crippen molar-refractivity contribution in [3.05, 3.63) is 88.0 Å². The van der Waals surface area contributed by atoms with Crippen molar-refractivity contribution in [2.75, 3.05) is 5.32 Å². The monoisotopic (exact) mass is 388 g/mol. The first-order chi connectivity index (χ1) is 13.7. The number of hydrogen-bond acceptors (Lipinski definition) is 5. The van der Waals surface area contributed by atoms with Crippen LogP contribution < -0.4 is 10.9 Å². The number of rotatable bonds is 5. The molecular formula is C21H16N4O2S. The summed E-state index contributed by atoms with van der Waals surface area (Å²) in [6, 6.07) is 14.9. The molecule has 3 heterocycles. The number of pyridine rings is 1. The summed E-state index contributed by atoms with van der Waals surface area (Å²) in [5.41, 5.74) is 2.23. The quantitative estimate of drug-likeness (QED) is 0.566. The van der Waals surface area contributed by atoms with Gasteiger partial charge in [0.05, 0.1) is 17.4 Å². The Morgan fingerprint density at radius 2 is 2.04 bits per heavy atom. The van der Waals surface area contributed by atoms with E-state index in [4.69, 9.17) is 0 Å². The minimum Gasteiger partial charge on any atom is -0.325 e. The first kappa shape index (κ1) is 17.8. The van der Waals surface area contributed by atoms with E-state index in [-0.39, 0.29) is 18.0 Å². The van der Waals surface area contributed by atoms with Crippen molar-refractivity contribution in [2.24, 2.45) is 0 Å². The third kappa shape index (κ3) is 4.05. The fraction of sp³-hybridized carbons (Fsp3) is 0.0476. The molecular weight excluding hydrogens is 372 g/mol. The second kappa shape index (κ2) is 7.98. The Bertz CT molecular complexity index is 1210. The number of fused-ring (bicyclic) bond motifs is 1. The van der Waals surface area contributed by atoms with Gasteiger partial charge in [-0.3, -0.25) is 19.1 Å². The van der Waals surface area contributed by atoms with E-state index in [1.165, 1.54) is 22.2 Å². The molecule has 138 valence electrons. The summed E-state index contributed by atoms with van der Waals surface area (Å²) in [4.78, 5) is 33.9. The van der Waals surface area contributed by atoms with E-state index >= 15 is 0 Å². The normalized spacial score (nSPS) is 11.1. The van der Waals surface area contributed by atoms with E-state index in [1.807, 2.05) is 53.9 Å². The average molecular weight is 388 g/mol. The van der Waals surface area contributed by atoms with Crippen molar-refractivity contribution in [2.45, 2.75) is 6.54 Å². The molecule has 0 radical (unpaired) electrons. The zero-order chi connectivity index (χ0) is 19.3. The van der Waals surface area contributed by atoms with Gasteiger partial charge in [-0.15, -0.1) is 11.3 Å². The highest BCUT2D eigenvalue weighted by Crippen LogP contribution is 2.15. The van der Waals surface area contributed by atoms with Crippen LogP contribution in [0.5, 0.6) is 0 Å². The highest BCUT2D eigenvalue weighted by atomic mass is 32.1. The molecule has 0 aliphatic heterocycles. The van der Waals surface area contributed by atoms with Crippen LogP contribution in [0.25, 0.3) is 22.4 Å². The van der Waals surface area contributed by atoms with Gasteiger partial charge in [0.1, 0.15) is 11.4 Å². The maximum Gasteiger partial charge on any atom is 0.262 e. The molecule has 0 bridgehead atoms. The van der Waals surface area contributed by atoms with Crippen molar-refractivity contribution < 1.29 is 4.79 Å². The van der Waals surface area contributed by atoms with Crippen LogP contribution in [0.3, 0.4) is 0 Å². The molecule has 1 N–H and O–H groups in total. The molecule has 1 aromatic carbocycles. The Morgan fingerprint density at radius 3 is 2.89 bits per heavy atom. The molecule has 4 rings (SSSR count). The lowest BCUT2D eigenvalue weighted by Gasteiger charge is -2.08. The number of carbonyl (C=O) groups excluding carboxylic acids is 1. The van der Waals surface area contributed by atoms with E-state index in [0.717, 1.165) is 11.3 Å². The average Bonchev–Trinajstić information content (AvgIpc) is 3.19. The molecule has 0 fully saturated rings. The minimum atomic E-state index is -0.288. The molecule has 6 nitrogen and oxygen atoms in total. The van der Waals surface area contributed by atoms with Crippen LogP contribution in [0.15, 0.2) is 71.2 Å². The molecule has 0 aliphatic rings. The Morgan fingerprint density at radius 1 is 1.11 bits per heavy atom. The van der Waals surface area contributed by atoms with Crippen molar-refractivity contribution in [3.8, 4) is 0 Å². The summed E-state index contributed by atoms with van der Waals surface area (Å²) in [6.45, 7) is -0.0916. The molecule has 7 heteroatoms. The second-order valence-corrected chi connectivity index (χ2v) is 6.97. The van der Waals surface area contributed by atoms with E-state index in [2.05, 4.69) is 15.3 Å². The van der Waals surface area contributed by atoms with Gasteiger partial charge < -0.3 is 5.32 Å². The van der Waals surface area contributed by atoms with Gasteiger partial charge in [0.2, 0.25) is 5.91 Å². The standard InChI is InChI=1S/C21H16N4O2S/c26-19(13-25-14-23-20-18(21(25)27)9-11-28-20)24-17-6-3-4-15(12-17)7-8-16-5-1-2-10-22-16/h1-12,14H,13H2,(H,24,26)/b8-7+. The molecule has 0 saturated carbocycles. The fourth-order valence-corrected chi connectivity index (χ4v) is 3.46. The SMILES string of the molecule is O=C(Cn1cnc2sccc2c1=O)Nc1cccc(/C=C/c2ccccn2)c1. The summed E-state index contributed by atoms with van der Waals surface area (Å²) in [5.74, 6) is -0.288. The lowest BCUT2D eigenvalue weighted by Crippen LogP contribution is -2.27. The van der Waals surface area contributed by atoms with Gasteiger partial charge in [-0.1, -0.05) is 24.3 Å². The van der Waals surface area contributed by atoms with E-state index in [1.54, 1.807) is 18.3 Å². The van der Waals surface area contributed by atoms with Crippen molar-refractivity contribution in [1.82, 2.24) is 14.5 Å². The maximum absolute atomic E-state index is 12.4. The molecule has 0 unspecified atom stereocenters. The van der Waals surface area contributed by atoms with Crippen LogP contribution >= 0.6 is 11.3 Å². The number of nitrogens with zero attached hydrogens (tertiary/aromatic N) is 3. The third-order valence-corrected chi connectivity index (χ3v) is 4.89. The number of nitrogens with one attached hydrogen (secondary N) is 1. The first-order valence-corrected chi connectivity index (χ1v) is 9.49. The zero-order valence-corrected chi connectivity index (χ0v) is 15.6. The number of hydrogen-bond donors (Lipinski definition) is 1. The number of amides is 1. The molecule has 0 aliphatic carbocycles. The van der Waals surface area contributed by atoms with Crippen LogP contribution in [0.1, 0.15) is 11.3 Å². The number of aromatic nitrogens is 3. The van der Waals surface area contributed by atoms with Gasteiger partial charge in [0, 0.05) is 11.9 Å². The van der Waals surface area contributed by atoms with Gasteiger partial charge >= 0.3 is 0 Å². The van der Waals surface area contributed by atoms with Gasteiger partial charge in [-0.2, -0.15) is 0 Å². The predicted molar refractivity (Wildman–Crippen MR) is 112 cm³/mol. The number of anilines is 1. The van der Waals surface area contributed by atoms with E-state index in [0.29, 0.717) is 15.9 Å². The van der Waals surface area contributed by atoms with Crippen LogP contribution in [0.2, 0.25) is 0 Å². The molecule has 4 aromatic rings. The van der Waals surface area contributed by atoms with E-state index in [9.17, 15) is 9.59 Å². The number of thiophene rings is 1. The van der Waals surface area contributed by atoms with Crippen molar-refractivity contribution >= 4 is 45.3 Å². The predicted octanol–water partition coefficient (Wildman–Crippen LogP) is 3.66. The van der Waals surface area contributed by atoms with Gasteiger partial charge in [0.25, 0.3) is 5.56 Å². The van der Waals surface area contributed by atoms with Gasteiger partial charge in [-0.25, -0.2) is 4.98 Å². The molecule has 0 saturated heterocycles. The Labute approximate surface area is 164 Å². The summed E-state index contributed by atoms with van der Waals surface area (Å²) in [7, 11) is 0. The third-order valence-electron chi connectivity index (χ3n) is 4.07. The molecule has 28 heavy (non-hydrogen) atoms. The highest BCUT2D eigenvalue weighted by molar-refractivity contribution is 7.16. The van der Waals surface area contributed by atoms with Crippen LogP contribution in [-0.2, 0) is 11.3 Å². The smallest absolute Gasteiger partial charge is 0.262 e. The van der Waals surface area contributed by atoms with E-state index < -0.39 is 0 Å². The molecule has 3 aromatic heterocycles. The summed E-state index contributed by atoms with van der Waals surface area (Å²) in [6.07, 6.45) is 6.98.